The summed E-state index contributed by atoms with van der Waals surface area (Å²) in [4.78, 5) is 27.9. The first-order valence-corrected chi connectivity index (χ1v) is 11.0. The number of methoxy groups -OCH3 is 1. The number of halogens is 3. The van der Waals surface area contributed by atoms with Gasteiger partial charge in [-0.25, -0.2) is 0 Å². The van der Waals surface area contributed by atoms with Crippen molar-refractivity contribution in [3.05, 3.63) is 98.0 Å². The highest BCUT2D eigenvalue weighted by Gasteiger charge is 2.47. The molecule has 1 fully saturated rings. The van der Waals surface area contributed by atoms with Crippen molar-refractivity contribution in [1.82, 2.24) is 0 Å². The number of ketones is 1. The third kappa shape index (κ3) is 4.20. The van der Waals surface area contributed by atoms with Gasteiger partial charge in [-0.15, -0.1) is 0 Å². The number of carbonyl (C=O) groups is 2. The number of hydrogen-bond donors (Lipinski definition) is 1. The molecule has 1 saturated heterocycles. The number of aryl methyl sites for hydroxylation is 1. The van der Waals surface area contributed by atoms with Crippen LogP contribution in [0.3, 0.4) is 0 Å². The number of ether oxygens (including phenoxy) is 1. The number of aliphatic hydroxyl groups is 1. The van der Waals surface area contributed by atoms with E-state index in [2.05, 4.69) is 0 Å². The lowest BCUT2D eigenvalue weighted by atomic mass is 9.92. The maximum absolute atomic E-state index is 13.3. The summed E-state index contributed by atoms with van der Waals surface area (Å²) >= 11 is 18.5. The quantitative estimate of drug-likeness (QED) is 0.248. The third-order valence-corrected chi connectivity index (χ3v) is 6.14. The molecule has 1 aliphatic rings. The predicted molar refractivity (Wildman–Crippen MR) is 130 cm³/mol. The zero-order valence-electron chi connectivity index (χ0n) is 17.6. The van der Waals surface area contributed by atoms with Crippen LogP contribution < -0.4 is 9.64 Å². The summed E-state index contributed by atoms with van der Waals surface area (Å²) in [6.45, 7) is 1.86. The van der Waals surface area contributed by atoms with E-state index in [9.17, 15) is 14.7 Å². The van der Waals surface area contributed by atoms with Crippen LogP contribution in [0.4, 0.5) is 5.69 Å². The van der Waals surface area contributed by atoms with Gasteiger partial charge in [-0.05, 0) is 54.4 Å². The summed E-state index contributed by atoms with van der Waals surface area (Å²) in [6.07, 6.45) is 0. The van der Waals surface area contributed by atoms with Crippen LogP contribution in [0.1, 0.15) is 22.7 Å². The standard InChI is InChI=1S/C25H18Cl3NO4/c1-13-5-3-4-6-18(13)22-21(23(30)19-12-14(26)7-8-20(19)33-2)24(31)25(32)29(22)17-10-15(27)9-16(28)11-17/h3-12,22,30H,1-2H3/b23-21+. The van der Waals surface area contributed by atoms with Crippen molar-refractivity contribution in [2.75, 3.05) is 12.0 Å². The molecule has 0 aliphatic carbocycles. The van der Waals surface area contributed by atoms with Crippen molar-refractivity contribution in [3.8, 4) is 5.75 Å². The minimum atomic E-state index is -0.926. The fourth-order valence-electron chi connectivity index (χ4n) is 3.98. The summed E-state index contributed by atoms with van der Waals surface area (Å²) in [5.74, 6) is -1.75. The first-order valence-electron chi connectivity index (χ1n) is 9.89. The highest BCUT2D eigenvalue weighted by molar-refractivity contribution is 6.52. The Bertz CT molecular complexity index is 1300. The smallest absolute Gasteiger partial charge is 0.300 e. The van der Waals surface area contributed by atoms with Crippen molar-refractivity contribution >= 4 is 57.9 Å². The second-order valence-corrected chi connectivity index (χ2v) is 8.81. The van der Waals surface area contributed by atoms with E-state index < -0.39 is 23.5 Å². The number of benzene rings is 3. The van der Waals surface area contributed by atoms with Crippen molar-refractivity contribution in [2.45, 2.75) is 13.0 Å². The molecule has 0 radical (unpaired) electrons. The number of rotatable bonds is 4. The van der Waals surface area contributed by atoms with Crippen LogP contribution >= 0.6 is 34.8 Å². The number of carbonyl (C=O) groups excluding carboxylic acids is 2. The van der Waals surface area contributed by atoms with Crippen LogP contribution in [-0.4, -0.2) is 23.9 Å². The monoisotopic (exact) mass is 501 g/mol. The van der Waals surface area contributed by atoms with Gasteiger partial charge in [0, 0.05) is 20.8 Å². The molecular weight excluding hydrogens is 485 g/mol. The van der Waals surface area contributed by atoms with Crippen molar-refractivity contribution in [1.29, 1.82) is 0 Å². The normalized spacial score (nSPS) is 17.5. The van der Waals surface area contributed by atoms with Gasteiger partial charge in [0.15, 0.2) is 0 Å². The van der Waals surface area contributed by atoms with Crippen molar-refractivity contribution in [2.24, 2.45) is 0 Å². The zero-order chi connectivity index (χ0) is 23.9. The summed E-state index contributed by atoms with van der Waals surface area (Å²) in [5, 5.41) is 12.3. The van der Waals surface area contributed by atoms with Crippen LogP contribution in [0.2, 0.25) is 15.1 Å². The predicted octanol–water partition coefficient (Wildman–Crippen LogP) is 6.59. The third-order valence-electron chi connectivity index (χ3n) is 5.47. The minimum Gasteiger partial charge on any atom is -0.507 e. The van der Waals surface area contributed by atoms with Gasteiger partial charge >= 0.3 is 0 Å². The van der Waals surface area contributed by atoms with Gasteiger partial charge in [0.25, 0.3) is 11.7 Å². The zero-order valence-corrected chi connectivity index (χ0v) is 19.9. The van der Waals surface area contributed by atoms with Gasteiger partial charge in [0.1, 0.15) is 11.5 Å². The molecule has 4 rings (SSSR count). The second kappa shape index (κ2) is 9.10. The number of hydrogen-bond acceptors (Lipinski definition) is 4. The van der Waals surface area contributed by atoms with Crippen LogP contribution in [0.25, 0.3) is 5.76 Å². The second-order valence-electron chi connectivity index (χ2n) is 7.50. The summed E-state index contributed by atoms with van der Waals surface area (Å²) < 4.78 is 5.35. The lowest BCUT2D eigenvalue weighted by molar-refractivity contribution is -0.132. The van der Waals surface area contributed by atoms with Crippen molar-refractivity contribution in [3.63, 3.8) is 0 Å². The van der Waals surface area contributed by atoms with E-state index in [4.69, 9.17) is 39.5 Å². The topological polar surface area (TPSA) is 66.8 Å². The Morgan fingerprint density at radius 2 is 1.61 bits per heavy atom. The Morgan fingerprint density at radius 3 is 2.24 bits per heavy atom. The number of aliphatic hydroxyl groups excluding tert-OH is 1. The maximum atomic E-state index is 13.3. The minimum absolute atomic E-state index is 0.0917. The molecule has 1 N–H and O–H groups in total. The maximum Gasteiger partial charge on any atom is 0.300 e. The number of amides is 1. The largest absolute Gasteiger partial charge is 0.507 e. The molecule has 1 heterocycles. The molecule has 0 aromatic heterocycles. The Kier molecular flexibility index (Phi) is 6.39. The Labute approximate surface area is 205 Å². The average molecular weight is 503 g/mol. The van der Waals surface area contributed by atoms with Gasteiger partial charge < -0.3 is 9.84 Å². The van der Waals surface area contributed by atoms with E-state index >= 15 is 0 Å². The molecule has 1 atom stereocenters. The number of nitrogens with zero attached hydrogens (tertiary/aromatic N) is 1. The molecular formula is C25H18Cl3NO4. The first kappa shape index (κ1) is 23.2. The van der Waals surface area contributed by atoms with Crippen LogP contribution in [0, 0.1) is 6.92 Å². The first-order chi connectivity index (χ1) is 15.7. The lowest BCUT2D eigenvalue weighted by Crippen LogP contribution is -2.29. The summed E-state index contributed by atoms with van der Waals surface area (Å²) in [7, 11) is 1.44. The van der Waals surface area contributed by atoms with Crippen LogP contribution in [-0.2, 0) is 9.59 Å². The fourth-order valence-corrected chi connectivity index (χ4v) is 4.66. The van der Waals surface area contributed by atoms with E-state index in [0.29, 0.717) is 32.1 Å². The lowest BCUT2D eigenvalue weighted by Gasteiger charge is -2.27. The SMILES string of the molecule is COc1ccc(Cl)cc1/C(O)=C1\C(=O)C(=O)N(c2cc(Cl)cc(Cl)c2)C1c1ccccc1C. The van der Waals surface area contributed by atoms with Gasteiger partial charge in [0.2, 0.25) is 0 Å². The molecule has 1 amide bonds. The van der Waals surface area contributed by atoms with E-state index in [1.54, 1.807) is 36.4 Å². The molecule has 0 bridgehead atoms. The molecule has 5 nitrogen and oxygen atoms in total. The van der Waals surface area contributed by atoms with E-state index in [1.165, 1.54) is 24.1 Å². The molecule has 0 saturated carbocycles. The molecule has 0 spiro atoms. The Balaban J connectivity index is 2.03. The molecule has 3 aromatic carbocycles. The molecule has 3 aromatic rings. The Hall–Kier alpha value is -2.99. The number of Topliss-reactive ketones (excluding diaryl/α,β-unsaturated/α-hetero) is 1. The van der Waals surface area contributed by atoms with Gasteiger partial charge in [-0.3, -0.25) is 14.5 Å². The molecule has 8 heteroatoms. The van der Waals surface area contributed by atoms with Gasteiger partial charge in [0.05, 0.1) is 24.3 Å². The molecule has 1 unspecified atom stereocenters. The van der Waals surface area contributed by atoms with Crippen LogP contribution in [0.15, 0.2) is 66.2 Å². The van der Waals surface area contributed by atoms with E-state index in [1.807, 2.05) is 19.1 Å². The summed E-state index contributed by atoms with van der Waals surface area (Å²) in [5.41, 5.74) is 1.93. The van der Waals surface area contributed by atoms with Crippen molar-refractivity contribution < 1.29 is 19.4 Å². The van der Waals surface area contributed by atoms with E-state index in [-0.39, 0.29) is 11.1 Å². The average Bonchev–Trinajstić information content (AvgIpc) is 3.03. The fraction of sp³-hybridized carbons (Fsp3) is 0.120. The molecule has 33 heavy (non-hydrogen) atoms. The highest BCUT2D eigenvalue weighted by atomic mass is 35.5. The number of anilines is 1. The van der Waals surface area contributed by atoms with Crippen LogP contribution in [0.5, 0.6) is 5.75 Å². The summed E-state index contributed by atoms with van der Waals surface area (Å²) in [6, 6.07) is 15.7. The Morgan fingerprint density at radius 1 is 0.939 bits per heavy atom. The highest BCUT2D eigenvalue weighted by Crippen LogP contribution is 2.45. The molecule has 1 aliphatic heterocycles. The van der Waals surface area contributed by atoms with Gasteiger partial charge in [-0.2, -0.15) is 0 Å². The molecule has 168 valence electrons. The van der Waals surface area contributed by atoms with E-state index in [0.717, 1.165) is 5.56 Å². The van der Waals surface area contributed by atoms with Gasteiger partial charge in [-0.1, -0.05) is 59.1 Å².